The van der Waals surface area contributed by atoms with Crippen molar-refractivity contribution in [2.24, 2.45) is 5.41 Å². The Labute approximate surface area is 167 Å². The van der Waals surface area contributed by atoms with E-state index in [0.717, 1.165) is 6.54 Å². The Morgan fingerprint density at radius 3 is 2.04 bits per heavy atom. The Kier molecular flexibility index (Phi) is 3.49. The summed E-state index contributed by atoms with van der Waals surface area (Å²) in [5.41, 5.74) is 6.84. The fraction of sp³-hybridized carbons (Fsp3) is 0.308. The van der Waals surface area contributed by atoms with Crippen molar-refractivity contribution in [3.8, 4) is 5.69 Å². The molecule has 5 rings (SSSR count). The van der Waals surface area contributed by atoms with Gasteiger partial charge >= 0.3 is 0 Å². The first-order valence-corrected chi connectivity index (χ1v) is 10.2. The Hall–Kier alpha value is -2.74. The van der Waals surface area contributed by atoms with E-state index < -0.39 is 0 Å². The topological polar surface area (TPSA) is 8.17 Å². The van der Waals surface area contributed by atoms with Crippen LogP contribution in [0.4, 0.5) is 5.69 Å². The largest absolute Gasteiger partial charge is 0.365 e. The van der Waals surface area contributed by atoms with Crippen molar-refractivity contribution in [2.75, 3.05) is 11.4 Å². The molecule has 142 valence electrons. The summed E-state index contributed by atoms with van der Waals surface area (Å²) in [5.74, 6) is 0. The summed E-state index contributed by atoms with van der Waals surface area (Å²) in [5, 5.41) is 2.63. The lowest BCUT2D eigenvalue weighted by Gasteiger charge is -2.62. The molecule has 0 atom stereocenters. The second-order valence-corrected chi connectivity index (χ2v) is 9.42. The number of anilines is 1. The lowest BCUT2D eigenvalue weighted by atomic mass is 9.65. The highest BCUT2D eigenvalue weighted by atomic mass is 15.3. The molecule has 0 radical (unpaired) electrons. The van der Waals surface area contributed by atoms with E-state index in [1.807, 2.05) is 0 Å². The standard InChI is InChI=1S/C26H28N2/c1-18-10-12-19(13-11-18)28-23-9-7-6-8-21(23)22-15-14-20(16-24(22)28)27-17-25(2,3)26(27,4)5/h6-16H,17H2,1-5H3. The Bertz CT molecular complexity index is 1190. The summed E-state index contributed by atoms with van der Waals surface area (Å²) in [6.07, 6.45) is 0. The van der Waals surface area contributed by atoms with E-state index in [2.05, 4.69) is 111 Å². The number of aryl methyl sites for hydroxylation is 1. The van der Waals surface area contributed by atoms with Gasteiger partial charge in [-0.05, 0) is 51.1 Å². The zero-order valence-electron chi connectivity index (χ0n) is 17.5. The molecule has 0 aliphatic carbocycles. The summed E-state index contributed by atoms with van der Waals surface area (Å²) >= 11 is 0. The molecular weight excluding hydrogens is 340 g/mol. The molecule has 1 saturated heterocycles. The maximum atomic E-state index is 2.55. The summed E-state index contributed by atoms with van der Waals surface area (Å²) in [6, 6.07) is 24.6. The van der Waals surface area contributed by atoms with Crippen LogP contribution in [0.2, 0.25) is 0 Å². The average molecular weight is 369 g/mol. The van der Waals surface area contributed by atoms with Gasteiger partial charge in [0.2, 0.25) is 0 Å². The van der Waals surface area contributed by atoms with E-state index in [-0.39, 0.29) is 5.54 Å². The molecule has 2 nitrogen and oxygen atoms in total. The second-order valence-electron chi connectivity index (χ2n) is 9.42. The van der Waals surface area contributed by atoms with Gasteiger partial charge in [-0.3, -0.25) is 0 Å². The van der Waals surface area contributed by atoms with Crippen LogP contribution in [-0.4, -0.2) is 16.7 Å². The number of nitrogens with zero attached hydrogens (tertiary/aromatic N) is 2. The van der Waals surface area contributed by atoms with Crippen LogP contribution in [0.5, 0.6) is 0 Å². The first-order valence-electron chi connectivity index (χ1n) is 10.2. The van der Waals surface area contributed by atoms with Gasteiger partial charge in [0.1, 0.15) is 0 Å². The van der Waals surface area contributed by atoms with Gasteiger partial charge in [-0.2, -0.15) is 0 Å². The maximum Gasteiger partial charge on any atom is 0.0561 e. The molecule has 0 amide bonds. The summed E-state index contributed by atoms with van der Waals surface area (Å²) in [7, 11) is 0. The second kappa shape index (κ2) is 5.64. The Morgan fingerprint density at radius 2 is 1.36 bits per heavy atom. The van der Waals surface area contributed by atoms with Gasteiger partial charge in [-0.25, -0.2) is 0 Å². The summed E-state index contributed by atoms with van der Waals surface area (Å²) < 4.78 is 2.41. The minimum atomic E-state index is 0.154. The van der Waals surface area contributed by atoms with Crippen LogP contribution < -0.4 is 4.90 Å². The van der Waals surface area contributed by atoms with Crippen molar-refractivity contribution >= 4 is 27.5 Å². The van der Waals surface area contributed by atoms with Gasteiger partial charge in [0.05, 0.1) is 11.0 Å². The third-order valence-corrected chi connectivity index (χ3v) is 7.15. The molecule has 2 heteroatoms. The van der Waals surface area contributed by atoms with Crippen molar-refractivity contribution in [1.82, 2.24) is 4.57 Å². The lowest BCUT2D eigenvalue weighted by Crippen LogP contribution is -2.69. The zero-order valence-corrected chi connectivity index (χ0v) is 17.5. The number of aromatic nitrogens is 1. The van der Waals surface area contributed by atoms with Gasteiger partial charge in [0, 0.05) is 39.6 Å². The number of hydrogen-bond donors (Lipinski definition) is 0. The molecule has 3 aromatic carbocycles. The van der Waals surface area contributed by atoms with E-state index in [1.165, 1.54) is 38.7 Å². The SMILES string of the molecule is Cc1ccc(-n2c3ccccc3c3ccc(N4CC(C)(C)C4(C)C)cc32)cc1. The molecule has 0 N–H and O–H groups in total. The highest BCUT2D eigenvalue weighted by molar-refractivity contribution is 6.10. The number of benzene rings is 3. The van der Waals surface area contributed by atoms with Gasteiger partial charge in [0.15, 0.2) is 0 Å². The number of fused-ring (bicyclic) bond motifs is 3. The fourth-order valence-electron chi connectivity index (χ4n) is 4.57. The molecule has 0 bridgehead atoms. The van der Waals surface area contributed by atoms with Crippen molar-refractivity contribution in [3.63, 3.8) is 0 Å². The van der Waals surface area contributed by atoms with E-state index in [0.29, 0.717) is 5.41 Å². The predicted molar refractivity (Wildman–Crippen MR) is 121 cm³/mol. The van der Waals surface area contributed by atoms with E-state index >= 15 is 0 Å². The zero-order chi connectivity index (χ0) is 19.7. The van der Waals surface area contributed by atoms with Crippen LogP contribution in [0.15, 0.2) is 66.7 Å². The molecule has 28 heavy (non-hydrogen) atoms. The van der Waals surface area contributed by atoms with Gasteiger partial charge in [0.25, 0.3) is 0 Å². The third-order valence-electron chi connectivity index (χ3n) is 7.15. The van der Waals surface area contributed by atoms with Crippen LogP contribution in [0.25, 0.3) is 27.5 Å². The maximum absolute atomic E-state index is 2.55. The average Bonchev–Trinajstić information content (AvgIpc) is 3.00. The van der Waals surface area contributed by atoms with Crippen molar-refractivity contribution in [1.29, 1.82) is 0 Å². The first-order chi connectivity index (χ1) is 13.3. The van der Waals surface area contributed by atoms with Crippen molar-refractivity contribution in [2.45, 2.75) is 40.2 Å². The van der Waals surface area contributed by atoms with E-state index in [9.17, 15) is 0 Å². The molecule has 0 unspecified atom stereocenters. The van der Waals surface area contributed by atoms with E-state index in [1.54, 1.807) is 0 Å². The van der Waals surface area contributed by atoms with Crippen LogP contribution in [0.3, 0.4) is 0 Å². The van der Waals surface area contributed by atoms with Crippen molar-refractivity contribution < 1.29 is 0 Å². The van der Waals surface area contributed by atoms with Crippen LogP contribution in [-0.2, 0) is 0 Å². The first kappa shape index (κ1) is 17.4. The highest BCUT2D eigenvalue weighted by Crippen LogP contribution is 2.49. The van der Waals surface area contributed by atoms with Crippen LogP contribution >= 0.6 is 0 Å². The van der Waals surface area contributed by atoms with Crippen molar-refractivity contribution in [3.05, 3.63) is 72.3 Å². The molecular formula is C26H28N2. The summed E-state index contributed by atoms with van der Waals surface area (Å²) in [4.78, 5) is 2.55. The Balaban J connectivity index is 1.76. The molecule has 0 saturated carbocycles. The Morgan fingerprint density at radius 1 is 0.714 bits per heavy atom. The molecule has 0 spiro atoms. The smallest absolute Gasteiger partial charge is 0.0561 e. The van der Waals surface area contributed by atoms with Crippen LogP contribution in [0.1, 0.15) is 33.3 Å². The third kappa shape index (κ3) is 2.27. The number of hydrogen-bond acceptors (Lipinski definition) is 1. The summed E-state index contributed by atoms with van der Waals surface area (Å²) in [6.45, 7) is 12.7. The quantitative estimate of drug-likeness (QED) is 0.381. The van der Waals surface area contributed by atoms with Crippen LogP contribution in [0, 0.1) is 12.3 Å². The molecule has 1 fully saturated rings. The lowest BCUT2D eigenvalue weighted by molar-refractivity contribution is 0.0980. The normalized spacial score (nSPS) is 17.8. The van der Waals surface area contributed by atoms with Gasteiger partial charge < -0.3 is 9.47 Å². The van der Waals surface area contributed by atoms with Gasteiger partial charge in [-0.1, -0.05) is 55.8 Å². The number of rotatable bonds is 2. The predicted octanol–water partition coefficient (Wildman–Crippen LogP) is 6.72. The minimum Gasteiger partial charge on any atom is -0.365 e. The molecule has 1 aliphatic rings. The molecule has 2 heterocycles. The monoisotopic (exact) mass is 368 g/mol. The van der Waals surface area contributed by atoms with E-state index in [4.69, 9.17) is 0 Å². The highest BCUT2D eigenvalue weighted by Gasteiger charge is 2.52. The minimum absolute atomic E-state index is 0.154. The number of para-hydroxylation sites is 1. The molecule has 1 aliphatic heterocycles. The fourth-order valence-corrected chi connectivity index (χ4v) is 4.57. The molecule has 1 aromatic heterocycles. The molecule has 4 aromatic rings. The van der Waals surface area contributed by atoms with Gasteiger partial charge in [-0.15, -0.1) is 0 Å².